The molecule has 6 nitrogen and oxygen atoms in total. The Labute approximate surface area is 187 Å². The predicted octanol–water partition coefficient (Wildman–Crippen LogP) is 4.81. The fraction of sp³-hybridized carbons (Fsp3) is 0.217. The summed E-state index contributed by atoms with van der Waals surface area (Å²) in [7, 11) is 0. The van der Waals surface area contributed by atoms with E-state index >= 15 is 0 Å². The van der Waals surface area contributed by atoms with Crippen molar-refractivity contribution < 1.29 is 23.4 Å². The molecule has 0 aromatic heterocycles. The Morgan fingerprint density at radius 1 is 1.32 bits per heavy atom. The summed E-state index contributed by atoms with van der Waals surface area (Å²) < 4.78 is 30.9. The van der Waals surface area contributed by atoms with Gasteiger partial charge in [-0.25, -0.2) is 9.18 Å². The number of benzene rings is 2. The van der Waals surface area contributed by atoms with Crippen LogP contribution in [0.3, 0.4) is 0 Å². The highest BCUT2D eigenvalue weighted by Gasteiger charge is 2.38. The van der Waals surface area contributed by atoms with Gasteiger partial charge < -0.3 is 19.9 Å². The van der Waals surface area contributed by atoms with Gasteiger partial charge in [-0.05, 0) is 49.7 Å². The number of carbonyl (C=O) groups is 1. The predicted molar refractivity (Wildman–Crippen MR) is 115 cm³/mol. The van der Waals surface area contributed by atoms with E-state index in [2.05, 4.69) is 15.9 Å². The molecule has 0 amide bonds. The van der Waals surface area contributed by atoms with Gasteiger partial charge in [-0.2, -0.15) is 5.26 Å². The van der Waals surface area contributed by atoms with Gasteiger partial charge in [-0.1, -0.05) is 28.1 Å². The normalized spacial score (nSPS) is 15.9. The minimum atomic E-state index is -0.849. The zero-order valence-corrected chi connectivity index (χ0v) is 18.5. The molecule has 1 aliphatic heterocycles. The standard InChI is InChI=1S/C23H20BrFN2O4/c1-3-29-23(28)20-13(2)31-22(27)18(11-26)21(20)17-10-15(24)7-8-19(17)30-12-14-5-4-6-16(25)9-14/h4-10,21H,3,12,27H2,1-2H3. The number of halogens is 2. The topological polar surface area (TPSA) is 94.6 Å². The largest absolute Gasteiger partial charge is 0.489 e. The first-order valence-corrected chi connectivity index (χ1v) is 10.3. The third-order valence-corrected chi connectivity index (χ3v) is 5.16. The van der Waals surface area contributed by atoms with Crippen LogP contribution in [0.25, 0.3) is 0 Å². The van der Waals surface area contributed by atoms with Gasteiger partial charge in [0.1, 0.15) is 35.6 Å². The van der Waals surface area contributed by atoms with Crippen molar-refractivity contribution in [2.24, 2.45) is 5.73 Å². The zero-order valence-electron chi connectivity index (χ0n) is 16.9. The van der Waals surface area contributed by atoms with Crippen LogP contribution in [0, 0.1) is 17.1 Å². The van der Waals surface area contributed by atoms with E-state index in [1.807, 2.05) is 6.07 Å². The molecule has 2 aromatic rings. The summed E-state index contributed by atoms with van der Waals surface area (Å²) in [5, 5.41) is 9.77. The molecule has 3 rings (SSSR count). The molecule has 2 aromatic carbocycles. The summed E-state index contributed by atoms with van der Waals surface area (Å²) in [4.78, 5) is 12.7. The van der Waals surface area contributed by atoms with E-state index in [0.29, 0.717) is 21.3 Å². The van der Waals surface area contributed by atoms with Crippen LogP contribution in [0.15, 0.2) is 69.7 Å². The van der Waals surface area contributed by atoms with Gasteiger partial charge in [0.05, 0.1) is 18.1 Å². The van der Waals surface area contributed by atoms with Gasteiger partial charge in [0, 0.05) is 10.0 Å². The van der Waals surface area contributed by atoms with Crippen LogP contribution in [0.2, 0.25) is 0 Å². The van der Waals surface area contributed by atoms with E-state index in [9.17, 15) is 14.4 Å². The molecule has 0 saturated heterocycles. The Morgan fingerprint density at radius 2 is 2.10 bits per heavy atom. The Bertz CT molecular complexity index is 1120. The van der Waals surface area contributed by atoms with Crippen molar-refractivity contribution in [3.8, 4) is 11.8 Å². The minimum absolute atomic E-state index is 0.0716. The number of carbonyl (C=O) groups excluding carboxylic acids is 1. The third-order valence-electron chi connectivity index (χ3n) is 4.67. The summed E-state index contributed by atoms with van der Waals surface area (Å²) in [6.07, 6.45) is 0. The average molecular weight is 487 g/mol. The lowest BCUT2D eigenvalue weighted by atomic mass is 9.82. The number of esters is 1. The molecule has 0 aliphatic carbocycles. The SMILES string of the molecule is CCOC(=O)C1=C(C)OC(N)=C(C#N)C1c1cc(Br)ccc1OCc1cccc(F)c1. The van der Waals surface area contributed by atoms with E-state index < -0.39 is 11.9 Å². The molecule has 8 heteroatoms. The Morgan fingerprint density at radius 3 is 2.77 bits per heavy atom. The number of allylic oxidation sites excluding steroid dienone is 2. The first-order valence-electron chi connectivity index (χ1n) is 9.47. The van der Waals surface area contributed by atoms with Gasteiger partial charge in [-0.15, -0.1) is 0 Å². The van der Waals surface area contributed by atoms with Crippen LogP contribution in [0.1, 0.15) is 30.9 Å². The summed E-state index contributed by atoms with van der Waals surface area (Å²) >= 11 is 3.43. The molecular weight excluding hydrogens is 467 g/mol. The number of rotatable bonds is 6. The van der Waals surface area contributed by atoms with Gasteiger partial charge >= 0.3 is 5.97 Å². The van der Waals surface area contributed by atoms with E-state index in [-0.39, 0.29) is 41.8 Å². The number of ether oxygens (including phenoxy) is 3. The first-order chi connectivity index (χ1) is 14.8. The van der Waals surface area contributed by atoms with E-state index in [1.165, 1.54) is 12.1 Å². The van der Waals surface area contributed by atoms with Gasteiger partial charge in [0.2, 0.25) is 5.88 Å². The van der Waals surface area contributed by atoms with Gasteiger partial charge in [0.15, 0.2) is 0 Å². The minimum Gasteiger partial charge on any atom is -0.489 e. The second-order valence-corrected chi connectivity index (χ2v) is 7.63. The average Bonchev–Trinajstić information content (AvgIpc) is 2.72. The molecule has 1 heterocycles. The fourth-order valence-electron chi connectivity index (χ4n) is 3.33. The highest BCUT2D eigenvalue weighted by atomic mass is 79.9. The lowest BCUT2D eigenvalue weighted by Crippen LogP contribution is -2.26. The number of nitrogens with zero attached hydrogens (tertiary/aromatic N) is 1. The number of hydrogen-bond donors (Lipinski definition) is 1. The van der Waals surface area contributed by atoms with Crippen molar-refractivity contribution in [3.05, 3.63) is 86.7 Å². The molecule has 1 unspecified atom stereocenters. The fourth-order valence-corrected chi connectivity index (χ4v) is 3.71. The molecule has 0 radical (unpaired) electrons. The van der Waals surface area contributed by atoms with Crippen LogP contribution in [-0.4, -0.2) is 12.6 Å². The van der Waals surface area contributed by atoms with Crippen molar-refractivity contribution in [3.63, 3.8) is 0 Å². The smallest absolute Gasteiger partial charge is 0.338 e. The van der Waals surface area contributed by atoms with Crippen LogP contribution in [0.4, 0.5) is 4.39 Å². The van der Waals surface area contributed by atoms with Crippen molar-refractivity contribution in [1.29, 1.82) is 5.26 Å². The van der Waals surface area contributed by atoms with Crippen molar-refractivity contribution in [1.82, 2.24) is 0 Å². The zero-order chi connectivity index (χ0) is 22.5. The van der Waals surface area contributed by atoms with Crippen molar-refractivity contribution in [2.45, 2.75) is 26.4 Å². The molecule has 0 saturated carbocycles. The summed E-state index contributed by atoms with van der Waals surface area (Å²) in [5.41, 5.74) is 7.36. The lowest BCUT2D eigenvalue weighted by molar-refractivity contribution is -0.139. The summed E-state index contributed by atoms with van der Waals surface area (Å²) in [6.45, 7) is 3.53. The second-order valence-electron chi connectivity index (χ2n) is 6.72. The maximum absolute atomic E-state index is 13.5. The van der Waals surface area contributed by atoms with E-state index in [1.54, 1.807) is 44.2 Å². The van der Waals surface area contributed by atoms with Crippen LogP contribution in [0.5, 0.6) is 5.75 Å². The van der Waals surface area contributed by atoms with Crippen LogP contribution < -0.4 is 10.5 Å². The lowest BCUT2D eigenvalue weighted by Gasteiger charge is -2.28. The van der Waals surface area contributed by atoms with Gasteiger partial charge in [0.25, 0.3) is 0 Å². The van der Waals surface area contributed by atoms with Crippen LogP contribution in [-0.2, 0) is 20.9 Å². The Kier molecular flexibility index (Phi) is 6.98. The van der Waals surface area contributed by atoms with Crippen LogP contribution >= 0.6 is 15.9 Å². The maximum atomic E-state index is 13.5. The molecular formula is C23H20BrFN2O4. The molecule has 1 aliphatic rings. The third kappa shape index (κ3) is 4.89. The molecule has 2 N–H and O–H groups in total. The summed E-state index contributed by atoms with van der Waals surface area (Å²) in [6, 6.07) is 13.3. The second kappa shape index (κ2) is 9.67. The van der Waals surface area contributed by atoms with E-state index in [0.717, 1.165) is 0 Å². The highest BCUT2D eigenvalue weighted by molar-refractivity contribution is 9.10. The summed E-state index contributed by atoms with van der Waals surface area (Å²) in [5.74, 6) is -1.26. The number of hydrogen-bond acceptors (Lipinski definition) is 6. The molecule has 160 valence electrons. The molecule has 31 heavy (non-hydrogen) atoms. The van der Waals surface area contributed by atoms with Crippen molar-refractivity contribution >= 4 is 21.9 Å². The molecule has 0 bridgehead atoms. The van der Waals surface area contributed by atoms with E-state index in [4.69, 9.17) is 19.9 Å². The molecule has 0 fully saturated rings. The quantitative estimate of drug-likeness (QED) is 0.588. The first kappa shape index (κ1) is 22.4. The maximum Gasteiger partial charge on any atom is 0.338 e. The number of nitriles is 1. The Balaban J connectivity index is 2.08. The Hall–Kier alpha value is -3.31. The highest BCUT2D eigenvalue weighted by Crippen LogP contribution is 2.44. The number of nitrogens with two attached hydrogens (primary N) is 1. The molecule has 0 spiro atoms. The monoisotopic (exact) mass is 486 g/mol. The van der Waals surface area contributed by atoms with Gasteiger partial charge in [-0.3, -0.25) is 0 Å². The van der Waals surface area contributed by atoms with Crippen molar-refractivity contribution in [2.75, 3.05) is 6.61 Å². The molecule has 1 atom stereocenters.